The van der Waals surface area contributed by atoms with Crippen molar-refractivity contribution >= 4 is 6.47 Å². The van der Waals surface area contributed by atoms with Gasteiger partial charge < -0.3 is 14.2 Å². The van der Waals surface area contributed by atoms with E-state index in [9.17, 15) is 4.79 Å². The molecule has 0 bridgehead atoms. The van der Waals surface area contributed by atoms with Crippen molar-refractivity contribution in [2.75, 3.05) is 20.3 Å². The second-order valence-corrected chi connectivity index (χ2v) is 7.30. The molecule has 1 atom stereocenters. The van der Waals surface area contributed by atoms with E-state index in [2.05, 4.69) is 4.74 Å². The largest absolute Gasteiger partial charge is 0.468 e. The van der Waals surface area contributed by atoms with Crippen LogP contribution in [0.2, 0.25) is 0 Å². The van der Waals surface area contributed by atoms with E-state index in [1.807, 2.05) is 6.92 Å². The lowest BCUT2D eigenvalue weighted by atomic mass is 10.0. The fourth-order valence-corrected chi connectivity index (χ4v) is 3.13. The molecule has 4 nitrogen and oxygen atoms in total. The molecule has 1 unspecified atom stereocenters. The Balaban J connectivity index is 3.00. The zero-order valence-electron chi connectivity index (χ0n) is 17.5. The minimum absolute atomic E-state index is 0.0654. The molecular weight excluding hydrogens is 328 g/mol. The number of unbranched alkanes of at least 4 members (excludes halogenated alkanes) is 15. The van der Waals surface area contributed by atoms with Crippen LogP contribution >= 0.6 is 0 Å². The van der Waals surface area contributed by atoms with E-state index in [0.29, 0.717) is 13.1 Å². The lowest BCUT2D eigenvalue weighted by Crippen LogP contribution is -2.10. The van der Waals surface area contributed by atoms with Crippen LogP contribution in [0.4, 0.5) is 0 Å². The molecule has 4 heteroatoms. The summed E-state index contributed by atoms with van der Waals surface area (Å²) in [6.07, 6.45) is 21.0. The Morgan fingerprint density at radius 2 is 0.962 bits per heavy atom. The van der Waals surface area contributed by atoms with Crippen molar-refractivity contribution in [2.24, 2.45) is 0 Å². The molecule has 0 aromatic carbocycles. The molecule has 0 N–H and O–H groups in total. The summed E-state index contributed by atoms with van der Waals surface area (Å²) < 4.78 is 15.2. The molecule has 0 aliphatic rings. The maximum Gasteiger partial charge on any atom is 0.293 e. The summed E-state index contributed by atoms with van der Waals surface area (Å²) in [7, 11) is 1.68. The van der Waals surface area contributed by atoms with Crippen LogP contribution in [0.1, 0.15) is 110 Å². The van der Waals surface area contributed by atoms with E-state index in [1.54, 1.807) is 7.11 Å². The topological polar surface area (TPSA) is 44.8 Å². The summed E-state index contributed by atoms with van der Waals surface area (Å²) in [5, 5.41) is 0. The van der Waals surface area contributed by atoms with Crippen LogP contribution in [0.3, 0.4) is 0 Å². The highest BCUT2D eigenvalue weighted by Gasteiger charge is 1.98. The fraction of sp³-hybridized carbons (Fsp3) is 0.955. The van der Waals surface area contributed by atoms with Crippen LogP contribution in [0.15, 0.2) is 0 Å². The lowest BCUT2D eigenvalue weighted by molar-refractivity contribution is -0.128. The van der Waals surface area contributed by atoms with Gasteiger partial charge in [-0.25, -0.2) is 0 Å². The molecule has 0 saturated carbocycles. The third-order valence-corrected chi connectivity index (χ3v) is 4.91. The van der Waals surface area contributed by atoms with E-state index in [0.717, 1.165) is 19.4 Å². The molecule has 0 spiro atoms. The van der Waals surface area contributed by atoms with Gasteiger partial charge in [-0.05, 0) is 19.8 Å². The summed E-state index contributed by atoms with van der Waals surface area (Å²) in [5.41, 5.74) is 0. The molecule has 0 heterocycles. The van der Waals surface area contributed by atoms with Gasteiger partial charge in [0.15, 0.2) is 6.29 Å². The van der Waals surface area contributed by atoms with Crippen molar-refractivity contribution in [1.82, 2.24) is 0 Å². The molecule has 0 aliphatic heterocycles. The molecule has 156 valence electrons. The van der Waals surface area contributed by atoms with Gasteiger partial charge in [0.25, 0.3) is 6.47 Å². The minimum atomic E-state index is -0.0654. The van der Waals surface area contributed by atoms with Gasteiger partial charge >= 0.3 is 0 Å². The monoisotopic (exact) mass is 372 g/mol. The molecule has 0 amide bonds. The highest BCUT2D eigenvalue weighted by atomic mass is 16.7. The normalized spacial score (nSPS) is 12.2. The van der Waals surface area contributed by atoms with Gasteiger partial charge in [0.05, 0.1) is 6.61 Å². The van der Waals surface area contributed by atoms with Crippen LogP contribution in [-0.2, 0) is 19.0 Å². The third kappa shape index (κ3) is 21.4. The van der Waals surface area contributed by atoms with Crippen molar-refractivity contribution in [1.29, 1.82) is 0 Å². The maximum atomic E-state index is 9.98. The zero-order valence-corrected chi connectivity index (χ0v) is 17.5. The Labute approximate surface area is 162 Å². The Bertz CT molecular complexity index is 271. The molecule has 0 aliphatic carbocycles. The highest BCUT2D eigenvalue weighted by molar-refractivity contribution is 5.36. The average molecular weight is 373 g/mol. The summed E-state index contributed by atoms with van der Waals surface area (Å²) in [6, 6.07) is 0. The predicted octanol–water partition coefficient (Wildman–Crippen LogP) is 6.41. The Kier molecular flexibility index (Phi) is 21.9. The number of carbonyl (C=O) groups is 1. The Morgan fingerprint density at radius 3 is 1.31 bits per heavy atom. The van der Waals surface area contributed by atoms with Crippen LogP contribution in [0.25, 0.3) is 0 Å². The smallest absolute Gasteiger partial charge is 0.293 e. The zero-order chi connectivity index (χ0) is 19.1. The van der Waals surface area contributed by atoms with Gasteiger partial charge in [0, 0.05) is 13.7 Å². The van der Waals surface area contributed by atoms with Crippen LogP contribution in [0.5, 0.6) is 0 Å². The van der Waals surface area contributed by atoms with Crippen LogP contribution in [0, 0.1) is 0 Å². The second-order valence-electron chi connectivity index (χ2n) is 7.30. The molecular formula is C22H44O4. The van der Waals surface area contributed by atoms with E-state index < -0.39 is 0 Å². The van der Waals surface area contributed by atoms with Gasteiger partial charge in [-0.15, -0.1) is 0 Å². The van der Waals surface area contributed by atoms with Gasteiger partial charge in [-0.3, -0.25) is 4.79 Å². The number of hydrogen-bond acceptors (Lipinski definition) is 4. The fourth-order valence-electron chi connectivity index (χ4n) is 3.13. The molecule has 0 aromatic heterocycles. The first-order chi connectivity index (χ1) is 12.8. The van der Waals surface area contributed by atoms with Crippen LogP contribution < -0.4 is 0 Å². The van der Waals surface area contributed by atoms with E-state index in [-0.39, 0.29) is 6.29 Å². The molecule has 0 rings (SSSR count). The van der Waals surface area contributed by atoms with Gasteiger partial charge in [0.2, 0.25) is 0 Å². The predicted molar refractivity (Wildman–Crippen MR) is 108 cm³/mol. The van der Waals surface area contributed by atoms with Crippen molar-refractivity contribution < 1.29 is 19.0 Å². The SMILES string of the molecule is COC(C)OCCCCCCCCCCCCCCCCCCOC=O. The molecule has 0 aromatic rings. The first kappa shape index (κ1) is 25.4. The quantitative estimate of drug-likeness (QED) is 0.125. The minimum Gasteiger partial charge on any atom is -0.468 e. The summed E-state index contributed by atoms with van der Waals surface area (Å²) >= 11 is 0. The summed E-state index contributed by atoms with van der Waals surface area (Å²) in [5.74, 6) is 0. The summed E-state index contributed by atoms with van der Waals surface area (Å²) in [6.45, 7) is 3.90. The Morgan fingerprint density at radius 1 is 0.615 bits per heavy atom. The average Bonchev–Trinajstić information content (AvgIpc) is 2.66. The lowest BCUT2D eigenvalue weighted by Gasteiger charge is -2.10. The van der Waals surface area contributed by atoms with E-state index >= 15 is 0 Å². The van der Waals surface area contributed by atoms with E-state index in [4.69, 9.17) is 9.47 Å². The van der Waals surface area contributed by atoms with Crippen molar-refractivity contribution in [3.63, 3.8) is 0 Å². The highest BCUT2D eigenvalue weighted by Crippen LogP contribution is 2.13. The number of rotatable bonds is 22. The van der Waals surface area contributed by atoms with Gasteiger partial charge in [-0.2, -0.15) is 0 Å². The van der Waals surface area contributed by atoms with Crippen molar-refractivity contribution in [2.45, 2.75) is 116 Å². The molecule has 26 heavy (non-hydrogen) atoms. The molecule has 0 saturated heterocycles. The first-order valence-corrected chi connectivity index (χ1v) is 11.0. The van der Waals surface area contributed by atoms with Crippen molar-refractivity contribution in [3.05, 3.63) is 0 Å². The number of ether oxygens (including phenoxy) is 3. The van der Waals surface area contributed by atoms with Gasteiger partial charge in [0.1, 0.15) is 0 Å². The molecule has 0 radical (unpaired) electrons. The second kappa shape index (κ2) is 22.4. The first-order valence-electron chi connectivity index (χ1n) is 11.0. The Hall–Kier alpha value is -0.610. The molecule has 0 fully saturated rings. The van der Waals surface area contributed by atoms with Crippen molar-refractivity contribution in [3.8, 4) is 0 Å². The summed E-state index contributed by atoms with van der Waals surface area (Å²) in [4.78, 5) is 9.98. The van der Waals surface area contributed by atoms with Crippen LogP contribution in [-0.4, -0.2) is 33.1 Å². The number of carbonyl (C=O) groups excluding carboxylic acids is 1. The number of methoxy groups -OCH3 is 1. The standard InChI is InChI=1S/C22H44O4/c1-22(24-2)26-20-18-16-14-12-10-8-6-4-3-5-7-9-11-13-15-17-19-25-21-23/h21-22H,3-20H2,1-2H3. The van der Waals surface area contributed by atoms with Gasteiger partial charge in [-0.1, -0.05) is 89.9 Å². The maximum absolute atomic E-state index is 9.98. The van der Waals surface area contributed by atoms with E-state index in [1.165, 1.54) is 89.9 Å². The third-order valence-electron chi connectivity index (χ3n) is 4.91. The number of hydrogen-bond donors (Lipinski definition) is 0.